The number of carbonyl (C=O) groups is 2. The number of esters is 1. The lowest BCUT2D eigenvalue weighted by Gasteiger charge is -2.20. The second-order valence-electron chi connectivity index (χ2n) is 6.90. The Hall–Kier alpha value is -3.02. The highest BCUT2D eigenvalue weighted by atomic mass is 16.5. The van der Waals surface area contributed by atoms with E-state index in [-0.39, 0.29) is 18.3 Å². The van der Waals surface area contributed by atoms with E-state index in [4.69, 9.17) is 9.47 Å². The molecule has 29 heavy (non-hydrogen) atoms. The fourth-order valence-corrected chi connectivity index (χ4v) is 2.97. The van der Waals surface area contributed by atoms with Crippen molar-refractivity contribution in [1.29, 1.82) is 0 Å². The number of unbranched alkanes of at least 4 members (excludes halogenated alkanes) is 1. The van der Waals surface area contributed by atoms with Gasteiger partial charge in [-0.25, -0.2) is 0 Å². The maximum Gasteiger partial charge on any atom is 0.307 e. The molecule has 0 aliphatic rings. The van der Waals surface area contributed by atoms with Gasteiger partial charge in [0.2, 0.25) is 0 Å². The number of hydrogen-bond acceptors (Lipinski definition) is 5. The minimum atomic E-state index is -0.493. The average Bonchev–Trinajstić information content (AvgIpc) is 2.76. The van der Waals surface area contributed by atoms with Crippen LogP contribution in [0.5, 0.6) is 5.75 Å². The van der Waals surface area contributed by atoms with E-state index in [1.807, 2.05) is 31.3 Å². The average molecular weight is 399 g/mol. The van der Waals surface area contributed by atoms with Gasteiger partial charge in [0.25, 0.3) is 5.91 Å². The van der Waals surface area contributed by atoms with E-state index in [0.717, 1.165) is 30.6 Å². The van der Waals surface area contributed by atoms with E-state index >= 15 is 0 Å². The first-order valence-electron chi connectivity index (χ1n) is 9.81. The Morgan fingerprint density at radius 3 is 2.24 bits per heavy atom. The van der Waals surface area contributed by atoms with Gasteiger partial charge < -0.3 is 19.7 Å². The number of methoxy groups -OCH3 is 2. The normalized spacial score (nSPS) is 11.4. The topological polar surface area (TPSA) is 67.9 Å². The quantitative estimate of drug-likeness (QED) is 0.614. The van der Waals surface area contributed by atoms with Gasteiger partial charge in [-0.1, -0.05) is 25.5 Å². The van der Waals surface area contributed by atoms with Crippen molar-refractivity contribution in [3.05, 3.63) is 59.7 Å². The SMILES string of the molecule is CCCCN(C)c1ccc(C(=O)NC(CC(=O)OC)c2ccc(OC)cc2)cc1. The van der Waals surface area contributed by atoms with Gasteiger partial charge in [-0.05, 0) is 48.4 Å². The second kappa shape index (κ2) is 11.1. The summed E-state index contributed by atoms with van der Waals surface area (Å²) in [4.78, 5) is 26.8. The number of hydrogen-bond donors (Lipinski definition) is 1. The summed E-state index contributed by atoms with van der Waals surface area (Å²) in [7, 11) is 4.97. The first-order chi connectivity index (χ1) is 14.0. The van der Waals surface area contributed by atoms with Gasteiger partial charge in [0.05, 0.1) is 26.7 Å². The van der Waals surface area contributed by atoms with Gasteiger partial charge in [-0.15, -0.1) is 0 Å². The highest BCUT2D eigenvalue weighted by Crippen LogP contribution is 2.22. The highest BCUT2D eigenvalue weighted by Gasteiger charge is 2.20. The molecule has 6 nitrogen and oxygen atoms in total. The van der Waals surface area contributed by atoms with Gasteiger partial charge in [-0.3, -0.25) is 9.59 Å². The van der Waals surface area contributed by atoms with Crippen LogP contribution in [0.2, 0.25) is 0 Å². The van der Waals surface area contributed by atoms with Crippen molar-refractivity contribution in [3.63, 3.8) is 0 Å². The molecular weight excluding hydrogens is 368 g/mol. The van der Waals surface area contributed by atoms with Crippen molar-refractivity contribution >= 4 is 17.6 Å². The van der Waals surface area contributed by atoms with Crippen molar-refractivity contribution < 1.29 is 19.1 Å². The van der Waals surface area contributed by atoms with Crippen LogP contribution in [0.1, 0.15) is 48.1 Å². The van der Waals surface area contributed by atoms with Gasteiger partial charge in [0.15, 0.2) is 0 Å². The largest absolute Gasteiger partial charge is 0.497 e. The van der Waals surface area contributed by atoms with Crippen molar-refractivity contribution in [3.8, 4) is 5.75 Å². The summed E-state index contributed by atoms with van der Waals surface area (Å²) in [5.41, 5.74) is 2.41. The molecule has 0 saturated heterocycles. The van der Waals surface area contributed by atoms with E-state index in [0.29, 0.717) is 11.3 Å². The van der Waals surface area contributed by atoms with Crippen LogP contribution in [0.15, 0.2) is 48.5 Å². The molecular formula is C23H30N2O4. The number of benzene rings is 2. The molecule has 2 aromatic rings. The van der Waals surface area contributed by atoms with Crippen LogP contribution in [0.3, 0.4) is 0 Å². The number of anilines is 1. The first kappa shape index (κ1) is 22.3. The fourth-order valence-electron chi connectivity index (χ4n) is 2.97. The lowest BCUT2D eigenvalue weighted by Crippen LogP contribution is -2.30. The standard InChI is InChI=1S/C23H30N2O4/c1-5-6-15-25(2)19-11-7-18(8-12-19)23(27)24-21(16-22(26)29-4)17-9-13-20(28-3)14-10-17/h7-14,21H,5-6,15-16H2,1-4H3,(H,24,27). The van der Waals surface area contributed by atoms with Crippen molar-refractivity contribution in [2.45, 2.75) is 32.2 Å². The Morgan fingerprint density at radius 1 is 1.03 bits per heavy atom. The van der Waals surface area contributed by atoms with Gasteiger partial charge in [0.1, 0.15) is 5.75 Å². The predicted molar refractivity (Wildman–Crippen MR) is 114 cm³/mol. The summed E-state index contributed by atoms with van der Waals surface area (Å²) >= 11 is 0. The van der Waals surface area contributed by atoms with Gasteiger partial charge >= 0.3 is 5.97 Å². The third-order valence-electron chi connectivity index (χ3n) is 4.84. The molecule has 156 valence electrons. The lowest BCUT2D eigenvalue weighted by molar-refractivity contribution is -0.141. The third-order valence-corrected chi connectivity index (χ3v) is 4.84. The number of amides is 1. The van der Waals surface area contributed by atoms with Crippen LogP contribution in [-0.2, 0) is 9.53 Å². The molecule has 0 spiro atoms. The lowest BCUT2D eigenvalue weighted by atomic mass is 10.0. The molecule has 1 N–H and O–H groups in total. The zero-order chi connectivity index (χ0) is 21.2. The van der Waals surface area contributed by atoms with E-state index in [1.165, 1.54) is 7.11 Å². The smallest absolute Gasteiger partial charge is 0.307 e. The Kier molecular flexibility index (Phi) is 8.52. The number of ether oxygens (including phenoxy) is 2. The number of nitrogens with one attached hydrogen (secondary N) is 1. The van der Waals surface area contributed by atoms with Crippen LogP contribution < -0.4 is 15.0 Å². The zero-order valence-corrected chi connectivity index (χ0v) is 17.6. The van der Waals surface area contributed by atoms with E-state index in [2.05, 4.69) is 17.1 Å². The molecule has 0 saturated carbocycles. The predicted octanol–water partition coefficient (Wildman–Crippen LogP) is 3.97. The first-order valence-corrected chi connectivity index (χ1v) is 9.81. The minimum absolute atomic E-state index is 0.0480. The summed E-state index contributed by atoms with van der Waals surface area (Å²) in [6, 6.07) is 14.2. The van der Waals surface area contributed by atoms with Crippen molar-refractivity contribution in [2.75, 3.05) is 32.7 Å². The molecule has 0 radical (unpaired) electrons. The molecule has 0 aliphatic carbocycles. The number of carbonyl (C=O) groups excluding carboxylic acids is 2. The van der Waals surface area contributed by atoms with Crippen LogP contribution in [0, 0.1) is 0 Å². The number of rotatable bonds is 10. The Morgan fingerprint density at radius 2 is 1.69 bits per heavy atom. The summed E-state index contributed by atoms with van der Waals surface area (Å²) in [5.74, 6) is 0.0798. The summed E-state index contributed by atoms with van der Waals surface area (Å²) in [6.07, 6.45) is 2.31. The molecule has 0 heterocycles. The van der Waals surface area contributed by atoms with E-state index < -0.39 is 6.04 Å². The monoisotopic (exact) mass is 398 g/mol. The molecule has 6 heteroatoms. The van der Waals surface area contributed by atoms with Gasteiger partial charge in [-0.2, -0.15) is 0 Å². The van der Waals surface area contributed by atoms with Gasteiger partial charge in [0, 0.05) is 24.8 Å². The molecule has 0 aliphatic heterocycles. The maximum atomic E-state index is 12.8. The van der Waals surface area contributed by atoms with Crippen LogP contribution >= 0.6 is 0 Å². The third kappa shape index (κ3) is 6.52. The highest BCUT2D eigenvalue weighted by molar-refractivity contribution is 5.95. The Balaban J connectivity index is 2.12. The van der Waals surface area contributed by atoms with Crippen LogP contribution in [-0.4, -0.2) is 39.7 Å². The molecule has 1 atom stereocenters. The van der Waals surface area contributed by atoms with E-state index in [9.17, 15) is 9.59 Å². The minimum Gasteiger partial charge on any atom is -0.497 e. The molecule has 0 fully saturated rings. The van der Waals surface area contributed by atoms with Crippen LogP contribution in [0.4, 0.5) is 5.69 Å². The van der Waals surface area contributed by atoms with Crippen molar-refractivity contribution in [2.24, 2.45) is 0 Å². The molecule has 1 amide bonds. The molecule has 1 unspecified atom stereocenters. The summed E-state index contributed by atoms with van der Waals surface area (Å²) < 4.78 is 9.96. The Bertz CT molecular complexity index is 788. The number of nitrogens with zero attached hydrogens (tertiary/aromatic N) is 1. The van der Waals surface area contributed by atoms with Crippen LogP contribution in [0.25, 0.3) is 0 Å². The van der Waals surface area contributed by atoms with Crippen molar-refractivity contribution in [1.82, 2.24) is 5.32 Å². The second-order valence-corrected chi connectivity index (χ2v) is 6.90. The summed E-state index contributed by atoms with van der Waals surface area (Å²) in [5, 5.41) is 2.94. The molecule has 2 aromatic carbocycles. The zero-order valence-electron chi connectivity index (χ0n) is 17.6. The van der Waals surface area contributed by atoms with E-state index in [1.54, 1.807) is 31.4 Å². The molecule has 0 aromatic heterocycles. The Labute approximate surface area is 172 Å². The maximum absolute atomic E-state index is 12.8. The molecule has 2 rings (SSSR count). The summed E-state index contributed by atoms with van der Waals surface area (Å²) in [6.45, 7) is 3.13. The fraction of sp³-hybridized carbons (Fsp3) is 0.391. The molecule has 0 bridgehead atoms.